The van der Waals surface area contributed by atoms with Crippen molar-refractivity contribution >= 4 is 17.7 Å². The summed E-state index contributed by atoms with van der Waals surface area (Å²) in [4.78, 5) is 14.3. The van der Waals surface area contributed by atoms with Gasteiger partial charge >= 0.3 is 0 Å². The van der Waals surface area contributed by atoms with E-state index in [2.05, 4.69) is 5.32 Å². The maximum absolute atomic E-state index is 12.3. The summed E-state index contributed by atoms with van der Waals surface area (Å²) in [6, 6.07) is 0.0223. The number of nitrogens with one attached hydrogen (secondary N) is 1. The van der Waals surface area contributed by atoms with E-state index >= 15 is 0 Å². The Balaban J connectivity index is 1.85. The monoisotopic (exact) mass is 258 g/mol. The summed E-state index contributed by atoms with van der Waals surface area (Å²) in [6.45, 7) is 5.37. The fraction of sp³-hybridized carbons (Fsp3) is 0.917. The fourth-order valence-corrected chi connectivity index (χ4v) is 3.38. The van der Waals surface area contributed by atoms with Gasteiger partial charge in [-0.25, -0.2) is 0 Å². The van der Waals surface area contributed by atoms with Crippen LogP contribution in [-0.2, 0) is 9.53 Å². The van der Waals surface area contributed by atoms with Gasteiger partial charge in [0.2, 0.25) is 5.91 Å². The van der Waals surface area contributed by atoms with Crippen molar-refractivity contribution in [3.05, 3.63) is 0 Å². The number of likely N-dealkylation sites (tertiary alicyclic amines) is 1. The van der Waals surface area contributed by atoms with Gasteiger partial charge in [-0.2, -0.15) is 11.8 Å². The molecule has 0 aromatic carbocycles. The topological polar surface area (TPSA) is 41.6 Å². The van der Waals surface area contributed by atoms with E-state index in [0.717, 1.165) is 50.6 Å². The average Bonchev–Trinajstić information content (AvgIpc) is 2.40. The summed E-state index contributed by atoms with van der Waals surface area (Å²) in [5.41, 5.74) is 0. The van der Waals surface area contributed by atoms with Crippen LogP contribution in [-0.4, -0.2) is 60.7 Å². The van der Waals surface area contributed by atoms with Crippen molar-refractivity contribution in [2.75, 3.05) is 37.7 Å². The Hall–Kier alpha value is -0.260. The van der Waals surface area contributed by atoms with Gasteiger partial charge in [-0.15, -0.1) is 0 Å². The molecule has 98 valence electrons. The fourth-order valence-electron chi connectivity index (χ4n) is 2.45. The van der Waals surface area contributed by atoms with E-state index in [-0.39, 0.29) is 18.1 Å². The number of amides is 1. The normalized spacial score (nSPS) is 30.3. The molecule has 2 atom stereocenters. The van der Waals surface area contributed by atoms with Crippen LogP contribution in [0.15, 0.2) is 0 Å². The number of hydrogen-bond acceptors (Lipinski definition) is 4. The van der Waals surface area contributed by atoms with E-state index in [1.807, 2.05) is 23.6 Å². The van der Waals surface area contributed by atoms with Gasteiger partial charge in [-0.05, 0) is 19.8 Å². The molecular weight excluding hydrogens is 236 g/mol. The number of piperidine rings is 1. The van der Waals surface area contributed by atoms with Crippen molar-refractivity contribution < 1.29 is 9.53 Å². The van der Waals surface area contributed by atoms with Crippen LogP contribution in [0, 0.1) is 0 Å². The van der Waals surface area contributed by atoms with Crippen LogP contribution in [0.5, 0.6) is 0 Å². The standard InChI is InChI=1S/C12H22N2O2S/c1-2-16-10-4-3-6-14(8-10)12(15)11-9-17-7-5-13-11/h10-11,13H,2-9H2,1H3. The maximum Gasteiger partial charge on any atom is 0.240 e. The number of carbonyl (C=O) groups is 1. The molecule has 0 bridgehead atoms. The first-order chi connectivity index (χ1) is 8.31. The van der Waals surface area contributed by atoms with Crippen LogP contribution in [0.25, 0.3) is 0 Å². The van der Waals surface area contributed by atoms with Crippen LogP contribution >= 0.6 is 11.8 Å². The lowest BCUT2D eigenvalue weighted by Gasteiger charge is -2.35. The van der Waals surface area contributed by atoms with Crippen molar-refractivity contribution in [3.63, 3.8) is 0 Å². The van der Waals surface area contributed by atoms with E-state index in [0.29, 0.717) is 0 Å². The van der Waals surface area contributed by atoms with Gasteiger partial charge in [-0.3, -0.25) is 4.79 Å². The zero-order chi connectivity index (χ0) is 12.1. The smallest absolute Gasteiger partial charge is 0.240 e. The summed E-state index contributed by atoms with van der Waals surface area (Å²) in [6.07, 6.45) is 2.40. The van der Waals surface area contributed by atoms with Crippen LogP contribution in [0.3, 0.4) is 0 Å². The molecule has 0 aromatic heterocycles. The summed E-state index contributed by atoms with van der Waals surface area (Å²) >= 11 is 1.87. The third kappa shape index (κ3) is 3.60. The van der Waals surface area contributed by atoms with Crippen molar-refractivity contribution in [2.24, 2.45) is 0 Å². The Bertz CT molecular complexity index is 255. The molecule has 2 aliphatic heterocycles. The molecule has 0 saturated carbocycles. The zero-order valence-corrected chi connectivity index (χ0v) is 11.3. The van der Waals surface area contributed by atoms with Crippen molar-refractivity contribution in [1.82, 2.24) is 10.2 Å². The molecule has 2 fully saturated rings. The molecule has 2 saturated heterocycles. The Morgan fingerprint density at radius 1 is 1.59 bits per heavy atom. The molecule has 17 heavy (non-hydrogen) atoms. The SMILES string of the molecule is CCOC1CCCN(C(=O)C2CSCCN2)C1. The van der Waals surface area contributed by atoms with E-state index in [4.69, 9.17) is 4.74 Å². The lowest BCUT2D eigenvalue weighted by Crippen LogP contribution is -2.54. The number of thioether (sulfide) groups is 1. The van der Waals surface area contributed by atoms with Gasteiger partial charge in [0.15, 0.2) is 0 Å². The average molecular weight is 258 g/mol. The maximum atomic E-state index is 12.3. The van der Waals surface area contributed by atoms with Gasteiger partial charge in [0.05, 0.1) is 12.1 Å². The summed E-state index contributed by atoms with van der Waals surface area (Å²) < 4.78 is 5.63. The highest BCUT2D eigenvalue weighted by molar-refractivity contribution is 7.99. The second kappa shape index (κ2) is 6.61. The Morgan fingerprint density at radius 3 is 3.18 bits per heavy atom. The second-order valence-corrected chi connectivity index (χ2v) is 5.74. The van der Waals surface area contributed by atoms with Gasteiger partial charge < -0.3 is 15.0 Å². The number of carbonyl (C=O) groups excluding carboxylic acids is 1. The first kappa shape index (κ1) is 13.2. The largest absolute Gasteiger partial charge is 0.377 e. The molecule has 2 rings (SSSR count). The highest BCUT2D eigenvalue weighted by atomic mass is 32.2. The van der Waals surface area contributed by atoms with Gasteiger partial charge in [0.1, 0.15) is 0 Å². The Kier molecular flexibility index (Phi) is 5.13. The predicted octanol–water partition coefficient (Wildman–Crippen LogP) is 0.719. The van der Waals surface area contributed by atoms with Gasteiger partial charge in [0.25, 0.3) is 0 Å². The predicted molar refractivity (Wildman–Crippen MR) is 70.3 cm³/mol. The van der Waals surface area contributed by atoms with Crippen molar-refractivity contribution in [3.8, 4) is 0 Å². The lowest BCUT2D eigenvalue weighted by molar-refractivity contribution is -0.137. The van der Waals surface area contributed by atoms with E-state index in [9.17, 15) is 4.79 Å². The molecule has 4 nitrogen and oxygen atoms in total. The van der Waals surface area contributed by atoms with Crippen molar-refractivity contribution in [2.45, 2.75) is 31.9 Å². The second-order valence-electron chi connectivity index (χ2n) is 4.59. The molecule has 0 aliphatic carbocycles. The molecule has 0 spiro atoms. The van der Waals surface area contributed by atoms with Crippen LogP contribution in [0.4, 0.5) is 0 Å². The minimum atomic E-state index is 0.0223. The van der Waals surface area contributed by atoms with Crippen LogP contribution in [0.1, 0.15) is 19.8 Å². The first-order valence-corrected chi connectivity index (χ1v) is 7.68. The molecule has 2 heterocycles. The minimum Gasteiger partial charge on any atom is -0.377 e. The molecule has 1 N–H and O–H groups in total. The quantitative estimate of drug-likeness (QED) is 0.810. The molecule has 0 aromatic rings. The molecule has 2 aliphatic rings. The summed E-state index contributed by atoms with van der Waals surface area (Å²) in [5.74, 6) is 2.29. The van der Waals surface area contributed by atoms with E-state index < -0.39 is 0 Å². The summed E-state index contributed by atoms with van der Waals surface area (Å²) in [7, 11) is 0. The van der Waals surface area contributed by atoms with Gasteiger partial charge in [0, 0.05) is 37.7 Å². The molecule has 2 unspecified atom stereocenters. The van der Waals surface area contributed by atoms with Gasteiger partial charge in [-0.1, -0.05) is 0 Å². The molecule has 5 heteroatoms. The minimum absolute atomic E-state index is 0.0223. The Labute approximate surface area is 107 Å². The molecule has 1 amide bonds. The van der Waals surface area contributed by atoms with Crippen molar-refractivity contribution in [1.29, 1.82) is 0 Å². The third-order valence-corrected chi connectivity index (χ3v) is 4.37. The first-order valence-electron chi connectivity index (χ1n) is 6.52. The Morgan fingerprint density at radius 2 is 2.47 bits per heavy atom. The highest BCUT2D eigenvalue weighted by Gasteiger charge is 2.29. The third-order valence-electron chi connectivity index (χ3n) is 3.31. The number of rotatable bonds is 3. The van der Waals surface area contributed by atoms with E-state index in [1.165, 1.54) is 0 Å². The molecular formula is C12H22N2O2S. The molecule has 0 radical (unpaired) electrons. The zero-order valence-electron chi connectivity index (χ0n) is 10.5. The lowest BCUT2D eigenvalue weighted by atomic mass is 10.1. The number of hydrogen-bond donors (Lipinski definition) is 1. The van der Waals surface area contributed by atoms with E-state index in [1.54, 1.807) is 0 Å². The highest BCUT2D eigenvalue weighted by Crippen LogP contribution is 2.16. The van der Waals surface area contributed by atoms with Crippen LogP contribution < -0.4 is 5.32 Å². The van der Waals surface area contributed by atoms with Crippen LogP contribution in [0.2, 0.25) is 0 Å². The summed E-state index contributed by atoms with van der Waals surface area (Å²) in [5, 5.41) is 3.31. The number of nitrogens with zero attached hydrogens (tertiary/aromatic N) is 1. The number of ether oxygens (including phenoxy) is 1.